The van der Waals surface area contributed by atoms with Crippen LogP contribution in [0, 0.1) is 0 Å². The first-order valence-electron chi connectivity index (χ1n) is 7.98. The van der Waals surface area contributed by atoms with Gasteiger partial charge in [0.25, 0.3) is 0 Å². The Morgan fingerprint density at radius 1 is 1.08 bits per heavy atom. The number of hydrogen-bond acceptors (Lipinski definition) is 5. The number of aliphatic hydroxyl groups excluding tert-OH is 2. The Morgan fingerprint density at radius 3 is 2.50 bits per heavy atom. The fourth-order valence-corrected chi connectivity index (χ4v) is 3.72. The van der Waals surface area contributed by atoms with Gasteiger partial charge < -0.3 is 14.9 Å². The lowest BCUT2D eigenvalue weighted by molar-refractivity contribution is -0.0510. The number of benzene rings is 2. The monoisotopic (exact) mass is 412 g/mol. The summed E-state index contributed by atoms with van der Waals surface area (Å²) in [6, 6.07) is 13.6. The standard InChI is InChI=1S/C18H18Cl2N2O3S/c19-14-6-7-15-17(16(14)20)21-18(22(15)11-25-13(8-23)9-24)26-10-12-4-2-1-3-5-12/h1-7,13,23-24H,8-11H2. The van der Waals surface area contributed by atoms with Crippen molar-refractivity contribution in [1.82, 2.24) is 9.55 Å². The van der Waals surface area contributed by atoms with Gasteiger partial charge in [-0.25, -0.2) is 4.98 Å². The van der Waals surface area contributed by atoms with Crippen LogP contribution in [-0.4, -0.2) is 39.1 Å². The van der Waals surface area contributed by atoms with Crippen molar-refractivity contribution in [1.29, 1.82) is 0 Å². The summed E-state index contributed by atoms with van der Waals surface area (Å²) < 4.78 is 7.45. The third-order valence-electron chi connectivity index (χ3n) is 3.83. The Bertz CT molecular complexity index is 870. The second kappa shape index (κ2) is 9.08. The van der Waals surface area contributed by atoms with Gasteiger partial charge in [-0.2, -0.15) is 0 Å². The summed E-state index contributed by atoms with van der Waals surface area (Å²) in [5.41, 5.74) is 2.55. The number of aliphatic hydroxyl groups is 2. The molecular weight excluding hydrogens is 395 g/mol. The van der Waals surface area contributed by atoms with E-state index in [1.54, 1.807) is 17.8 Å². The van der Waals surface area contributed by atoms with Crippen molar-refractivity contribution < 1.29 is 14.9 Å². The van der Waals surface area contributed by atoms with Crippen LogP contribution in [0.4, 0.5) is 0 Å². The lowest BCUT2D eigenvalue weighted by atomic mass is 10.2. The zero-order valence-electron chi connectivity index (χ0n) is 13.8. The van der Waals surface area contributed by atoms with Crippen LogP contribution in [0.3, 0.4) is 0 Å². The largest absolute Gasteiger partial charge is 0.394 e. The molecule has 0 amide bonds. The van der Waals surface area contributed by atoms with Crippen molar-refractivity contribution >= 4 is 46.0 Å². The van der Waals surface area contributed by atoms with Crippen molar-refractivity contribution in [2.75, 3.05) is 13.2 Å². The number of rotatable bonds is 8. The Balaban J connectivity index is 1.91. The maximum atomic E-state index is 9.22. The maximum absolute atomic E-state index is 9.22. The van der Waals surface area contributed by atoms with Gasteiger partial charge in [0, 0.05) is 5.75 Å². The molecule has 0 bridgehead atoms. The number of aromatic nitrogens is 2. The average molecular weight is 413 g/mol. The Kier molecular flexibility index (Phi) is 6.80. The van der Waals surface area contributed by atoms with E-state index in [0.717, 1.165) is 16.4 Å². The molecule has 0 unspecified atom stereocenters. The molecular formula is C18H18Cl2N2O3S. The molecule has 0 atom stereocenters. The van der Waals surface area contributed by atoms with Crippen molar-refractivity contribution in [3.63, 3.8) is 0 Å². The van der Waals surface area contributed by atoms with E-state index in [1.165, 1.54) is 5.56 Å². The highest BCUT2D eigenvalue weighted by molar-refractivity contribution is 7.98. The lowest BCUT2D eigenvalue weighted by Gasteiger charge is -2.15. The third-order valence-corrected chi connectivity index (χ3v) is 5.68. The van der Waals surface area contributed by atoms with Crippen molar-refractivity contribution in [3.8, 4) is 0 Å². The van der Waals surface area contributed by atoms with Crippen LogP contribution in [0.1, 0.15) is 5.56 Å². The summed E-state index contributed by atoms with van der Waals surface area (Å²) in [4.78, 5) is 4.62. The number of halogens is 2. The van der Waals surface area contributed by atoms with Gasteiger partial charge >= 0.3 is 0 Å². The zero-order chi connectivity index (χ0) is 18.5. The molecule has 1 aromatic heterocycles. The number of ether oxygens (including phenoxy) is 1. The predicted molar refractivity (Wildman–Crippen MR) is 105 cm³/mol. The molecule has 8 heteroatoms. The molecule has 3 rings (SSSR count). The van der Waals surface area contributed by atoms with Crippen LogP contribution < -0.4 is 0 Å². The van der Waals surface area contributed by atoms with E-state index < -0.39 is 6.10 Å². The van der Waals surface area contributed by atoms with E-state index in [-0.39, 0.29) is 19.9 Å². The molecule has 0 aliphatic rings. The average Bonchev–Trinajstić information content (AvgIpc) is 3.03. The number of nitrogens with zero attached hydrogens (tertiary/aromatic N) is 2. The fraction of sp³-hybridized carbons (Fsp3) is 0.278. The molecule has 0 aliphatic carbocycles. The van der Waals surface area contributed by atoms with Crippen LogP contribution in [0.15, 0.2) is 47.6 Å². The van der Waals surface area contributed by atoms with Crippen molar-refractivity contribution in [3.05, 3.63) is 58.1 Å². The summed E-state index contributed by atoms with van der Waals surface area (Å²) >= 11 is 14.0. The molecule has 2 aromatic carbocycles. The van der Waals surface area contributed by atoms with Crippen LogP contribution in [-0.2, 0) is 17.2 Å². The van der Waals surface area contributed by atoms with E-state index in [4.69, 9.17) is 27.9 Å². The minimum Gasteiger partial charge on any atom is -0.394 e. The number of fused-ring (bicyclic) bond motifs is 1. The highest BCUT2D eigenvalue weighted by Gasteiger charge is 2.17. The highest BCUT2D eigenvalue weighted by atomic mass is 35.5. The highest BCUT2D eigenvalue weighted by Crippen LogP contribution is 2.34. The first kappa shape index (κ1) is 19.5. The van der Waals surface area contributed by atoms with Gasteiger partial charge in [0.15, 0.2) is 5.16 Å². The van der Waals surface area contributed by atoms with Gasteiger partial charge in [-0.1, -0.05) is 65.3 Å². The minimum atomic E-state index is -0.651. The third kappa shape index (κ3) is 4.34. The Labute approximate surface area is 165 Å². The number of imidazole rings is 1. The van der Waals surface area contributed by atoms with E-state index >= 15 is 0 Å². The summed E-state index contributed by atoms with van der Waals surface area (Å²) in [6.07, 6.45) is -0.651. The molecule has 2 N–H and O–H groups in total. The minimum absolute atomic E-state index is 0.136. The summed E-state index contributed by atoms with van der Waals surface area (Å²) in [5.74, 6) is 0.735. The molecule has 1 heterocycles. The SMILES string of the molecule is OCC(CO)OCn1c(SCc2ccccc2)nc2c(Cl)c(Cl)ccc21. The van der Waals surface area contributed by atoms with Gasteiger partial charge in [-0.3, -0.25) is 4.57 Å². The summed E-state index contributed by atoms with van der Waals surface area (Å²) in [7, 11) is 0. The van der Waals surface area contributed by atoms with Gasteiger partial charge in [0.1, 0.15) is 18.4 Å². The molecule has 0 spiro atoms. The smallest absolute Gasteiger partial charge is 0.171 e. The lowest BCUT2D eigenvalue weighted by Crippen LogP contribution is -2.23. The Hall–Kier alpha value is -1.28. The summed E-state index contributed by atoms with van der Waals surface area (Å²) in [6.45, 7) is -0.387. The first-order valence-corrected chi connectivity index (χ1v) is 9.72. The van der Waals surface area contributed by atoms with E-state index in [9.17, 15) is 10.2 Å². The van der Waals surface area contributed by atoms with Crippen LogP contribution in [0.25, 0.3) is 11.0 Å². The zero-order valence-corrected chi connectivity index (χ0v) is 16.1. The molecule has 0 saturated carbocycles. The van der Waals surface area contributed by atoms with Gasteiger partial charge in [0.2, 0.25) is 0 Å². The molecule has 3 aromatic rings. The predicted octanol–water partition coefficient (Wildman–Crippen LogP) is 3.96. The Morgan fingerprint density at radius 2 is 1.81 bits per heavy atom. The van der Waals surface area contributed by atoms with E-state index in [0.29, 0.717) is 15.6 Å². The molecule has 0 saturated heterocycles. The quantitative estimate of drug-likeness (QED) is 0.548. The normalized spacial score (nSPS) is 11.6. The summed E-state index contributed by atoms with van der Waals surface area (Å²) in [5, 5.41) is 20.0. The number of thioether (sulfide) groups is 1. The molecule has 138 valence electrons. The molecule has 26 heavy (non-hydrogen) atoms. The van der Waals surface area contributed by atoms with Gasteiger partial charge in [-0.05, 0) is 17.7 Å². The van der Waals surface area contributed by atoms with Crippen molar-refractivity contribution in [2.45, 2.75) is 23.7 Å². The van der Waals surface area contributed by atoms with Crippen molar-refractivity contribution in [2.24, 2.45) is 0 Å². The fourth-order valence-electron chi connectivity index (χ4n) is 2.41. The number of hydrogen-bond donors (Lipinski definition) is 2. The second-order valence-corrected chi connectivity index (χ2v) is 7.34. The van der Waals surface area contributed by atoms with Crippen LogP contribution in [0.2, 0.25) is 10.0 Å². The van der Waals surface area contributed by atoms with E-state index in [1.807, 2.05) is 41.0 Å². The van der Waals surface area contributed by atoms with Gasteiger partial charge in [0.05, 0.1) is 28.8 Å². The molecule has 0 radical (unpaired) electrons. The van der Waals surface area contributed by atoms with Crippen LogP contribution >= 0.6 is 35.0 Å². The topological polar surface area (TPSA) is 67.5 Å². The first-order chi connectivity index (χ1) is 12.6. The van der Waals surface area contributed by atoms with Crippen LogP contribution in [0.5, 0.6) is 0 Å². The molecule has 0 fully saturated rings. The maximum Gasteiger partial charge on any atom is 0.171 e. The molecule has 0 aliphatic heterocycles. The second-order valence-electron chi connectivity index (χ2n) is 5.61. The molecule has 5 nitrogen and oxygen atoms in total. The van der Waals surface area contributed by atoms with E-state index in [2.05, 4.69) is 4.98 Å². The van der Waals surface area contributed by atoms with Gasteiger partial charge in [-0.15, -0.1) is 0 Å².